The van der Waals surface area contributed by atoms with Gasteiger partial charge in [-0.2, -0.15) is 0 Å². The van der Waals surface area contributed by atoms with Crippen molar-refractivity contribution in [1.29, 1.82) is 0 Å². The molecule has 0 unspecified atom stereocenters. The summed E-state index contributed by atoms with van der Waals surface area (Å²) in [7, 11) is -2.31. The van der Waals surface area contributed by atoms with Crippen molar-refractivity contribution in [2.24, 2.45) is 0 Å². The Morgan fingerprint density at radius 3 is 2.15 bits per heavy atom. The molecule has 1 fully saturated rings. The van der Waals surface area contributed by atoms with E-state index in [9.17, 15) is 18.0 Å². The molecule has 0 aromatic carbocycles. The van der Waals surface area contributed by atoms with Gasteiger partial charge in [-0.15, -0.1) is 0 Å². The fourth-order valence-electron chi connectivity index (χ4n) is 2.29. The summed E-state index contributed by atoms with van der Waals surface area (Å²) in [4.78, 5) is 25.5. The van der Waals surface area contributed by atoms with Crippen LogP contribution in [0.4, 0.5) is 0 Å². The van der Waals surface area contributed by atoms with Gasteiger partial charge in [-0.05, 0) is 26.7 Å². The van der Waals surface area contributed by atoms with Crippen LogP contribution in [0.1, 0.15) is 39.5 Å². The third-order valence-corrected chi connectivity index (χ3v) is 6.02. The van der Waals surface area contributed by atoms with Gasteiger partial charge >= 0.3 is 5.97 Å². The molecule has 0 heterocycles. The Morgan fingerprint density at radius 1 is 1.25 bits per heavy atom. The van der Waals surface area contributed by atoms with Crippen LogP contribution in [0.25, 0.3) is 0 Å². The van der Waals surface area contributed by atoms with Crippen molar-refractivity contribution in [2.45, 2.75) is 50.3 Å². The second-order valence-corrected chi connectivity index (χ2v) is 8.29. The second kappa shape index (κ2) is 6.11. The fraction of sp³-hybridized carbons (Fsp3) is 0.846. The average Bonchev–Trinajstić information content (AvgIpc) is 2.86. The zero-order valence-electron chi connectivity index (χ0n) is 12.5. The lowest BCUT2D eigenvalue weighted by Crippen LogP contribution is -2.54. The maximum absolute atomic E-state index is 12.6. The molecule has 116 valence electrons. The molecule has 1 amide bonds. The van der Waals surface area contributed by atoms with Gasteiger partial charge in [0.25, 0.3) is 0 Å². The van der Waals surface area contributed by atoms with E-state index in [4.69, 9.17) is 0 Å². The largest absolute Gasteiger partial charge is 0.468 e. The van der Waals surface area contributed by atoms with E-state index in [1.54, 1.807) is 0 Å². The molecule has 0 atom stereocenters. The number of hydrogen-bond donors (Lipinski definition) is 0. The molecule has 0 aromatic rings. The predicted molar refractivity (Wildman–Crippen MR) is 74.9 cm³/mol. The van der Waals surface area contributed by atoms with E-state index in [1.165, 1.54) is 25.9 Å². The molecule has 1 aliphatic carbocycles. The van der Waals surface area contributed by atoms with Crippen molar-refractivity contribution >= 4 is 21.7 Å². The van der Waals surface area contributed by atoms with Crippen molar-refractivity contribution in [3.05, 3.63) is 0 Å². The van der Waals surface area contributed by atoms with Gasteiger partial charge in [-0.3, -0.25) is 9.59 Å². The molecule has 20 heavy (non-hydrogen) atoms. The highest BCUT2D eigenvalue weighted by Crippen LogP contribution is 2.27. The Hall–Kier alpha value is -1.11. The summed E-state index contributed by atoms with van der Waals surface area (Å²) < 4.78 is 26.7. The zero-order valence-corrected chi connectivity index (χ0v) is 13.3. The van der Waals surface area contributed by atoms with Crippen LogP contribution in [0.5, 0.6) is 0 Å². The van der Waals surface area contributed by atoms with Gasteiger partial charge in [0, 0.05) is 12.3 Å². The molecule has 0 bridgehead atoms. The Balaban J connectivity index is 3.03. The van der Waals surface area contributed by atoms with E-state index in [2.05, 4.69) is 4.74 Å². The Bertz CT molecular complexity index is 477. The molecule has 0 radical (unpaired) electrons. The van der Waals surface area contributed by atoms with Crippen LogP contribution >= 0.6 is 0 Å². The molecule has 0 aliphatic heterocycles. The minimum atomic E-state index is -3.56. The number of rotatable bonds is 5. The van der Waals surface area contributed by atoms with Crippen molar-refractivity contribution in [3.8, 4) is 0 Å². The van der Waals surface area contributed by atoms with Crippen LogP contribution in [0.15, 0.2) is 0 Å². The summed E-state index contributed by atoms with van der Waals surface area (Å²) >= 11 is 0. The first-order valence-corrected chi connectivity index (χ1v) is 8.58. The summed E-state index contributed by atoms with van der Waals surface area (Å²) in [5.74, 6) is -1.06. The van der Waals surface area contributed by atoms with Crippen molar-refractivity contribution < 1.29 is 22.7 Å². The number of nitrogens with zero attached hydrogens (tertiary/aromatic N) is 1. The minimum absolute atomic E-state index is 0.0809. The summed E-state index contributed by atoms with van der Waals surface area (Å²) in [5.41, 5.74) is 0. The van der Waals surface area contributed by atoms with Crippen LogP contribution in [-0.2, 0) is 24.2 Å². The molecule has 7 heteroatoms. The summed E-state index contributed by atoms with van der Waals surface area (Å²) in [5, 5.41) is 0. The average molecular weight is 305 g/mol. The highest BCUT2D eigenvalue weighted by Gasteiger charge is 2.44. The number of carbonyl (C=O) groups is 2. The van der Waals surface area contributed by atoms with E-state index >= 15 is 0 Å². The number of carbonyl (C=O) groups excluding carboxylic acids is 2. The van der Waals surface area contributed by atoms with Crippen LogP contribution in [-0.4, -0.2) is 55.9 Å². The molecule has 0 spiro atoms. The lowest BCUT2D eigenvalue weighted by molar-refractivity contribution is -0.149. The minimum Gasteiger partial charge on any atom is -0.468 e. The molecule has 1 aliphatic rings. The van der Waals surface area contributed by atoms with Crippen LogP contribution in [0.3, 0.4) is 0 Å². The lowest BCUT2D eigenvalue weighted by atomic mass is 10.1. The zero-order chi connectivity index (χ0) is 15.6. The summed E-state index contributed by atoms with van der Waals surface area (Å²) in [6.07, 6.45) is 4.59. The lowest BCUT2D eigenvalue weighted by Gasteiger charge is -2.34. The maximum Gasteiger partial charge on any atom is 0.325 e. The van der Waals surface area contributed by atoms with Crippen LogP contribution in [0, 0.1) is 0 Å². The summed E-state index contributed by atoms with van der Waals surface area (Å²) in [6, 6.07) is -0.0809. The molecule has 0 N–H and O–H groups in total. The van der Waals surface area contributed by atoms with Crippen molar-refractivity contribution in [3.63, 3.8) is 0 Å². The Labute approximate surface area is 120 Å². The number of esters is 1. The number of ether oxygens (including phenoxy) is 1. The highest BCUT2D eigenvalue weighted by atomic mass is 32.2. The van der Waals surface area contributed by atoms with E-state index in [0.29, 0.717) is 0 Å². The van der Waals surface area contributed by atoms with Crippen molar-refractivity contribution in [1.82, 2.24) is 4.90 Å². The Kier molecular flexibility index (Phi) is 5.18. The highest BCUT2D eigenvalue weighted by molar-refractivity contribution is 7.92. The summed E-state index contributed by atoms with van der Waals surface area (Å²) in [6.45, 7) is 2.56. The number of methoxy groups -OCH3 is 1. The molecule has 1 saturated carbocycles. The van der Waals surface area contributed by atoms with Gasteiger partial charge in [0.1, 0.15) is 11.3 Å². The third-order valence-electron chi connectivity index (χ3n) is 4.00. The number of amides is 1. The first kappa shape index (κ1) is 16.9. The van der Waals surface area contributed by atoms with Gasteiger partial charge in [0.05, 0.1) is 7.11 Å². The normalized spacial score (nSPS) is 17.0. The van der Waals surface area contributed by atoms with Gasteiger partial charge in [-0.25, -0.2) is 8.42 Å². The van der Waals surface area contributed by atoms with Gasteiger partial charge in [0.2, 0.25) is 5.91 Å². The van der Waals surface area contributed by atoms with Crippen molar-refractivity contribution in [2.75, 3.05) is 19.9 Å². The second-order valence-electron chi connectivity index (χ2n) is 5.73. The van der Waals surface area contributed by atoms with E-state index in [0.717, 1.165) is 31.9 Å². The smallest absolute Gasteiger partial charge is 0.325 e. The molecule has 0 saturated heterocycles. The first-order valence-electron chi connectivity index (χ1n) is 6.68. The molecular formula is C13H23NO5S. The number of sulfone groups is 1. The van der Waals surface area contributed by atoms with E-state index in [-0.39, 0.29) is 12.6 Å². The SMILES string of the molecule is COC(=O)CN(C(=O)C(C)(C)S(C)(=O)=O)C1CCCC1. The topological polar surface area (TPSA) is 80.8 Å². The van der Waals surface area contributed by atoms with E-state index in [1.807, 2.05) is 0 Å². The fourth-order valence-corrected chi connectivity index (χ4v) is 2.73. The van der Waals surface area contributed by atoms with Crippen LogP contribution < -0.4 is 0 Å². The monoisotopic (exact) mass is 305 g/mol. The molecular weight excluding hydrogens is 282 g/mol. The molecule has 0 aromatic heterocycles. The van der Waals surface area contributed by atoms with Crippen LogP contribution in [0.2, 0.25) is 0 Å². The quantitative estimate of drug-likeness (QED) is 0.700. The third kappa shape index (κ3) is 3.50. The van der Waals surface area contributed by atoms with Gasteiger partial charge in [0.15, 0.2) is 9.84 Å². The molecule has 6 nitrogen and oxygen atoms in total. The van der Waals surface area contributed by atoms with Gasteiger partial charge in [-0.1, -0.05) is 12.8 Å². The van der Waals surface area contributed by atoms with E-state index < -0.39 is 26.5 Å². The maximum atomic E-state index is 12.6. The van der Waals surface area contributed by atoms with Gasteiger partial charge < -0.3 is 9.64 Å². The Morgan fingerprint density at radius 2 is 1.75 bits per heavy atom. The number of hydrogen-bond acceptors (Lipinski definition) is 5. The molecule has 1 rings (SSSR count). The predicted octanol–water partition coefficient (Wildman–Crippen LogP) is 0.754. The first-order chi connectivity index (χ1) is 9.11. The standard InChI is InChI=1S/C13H23NO5S/c1-13(2,20(4,17)18)12(16)14(9-11(15)19-3)10-7-5-6-8-10/h10H,5-9H2,1-4H3.